The Morgan fingerprint density at radius 1 is 1.22 bits per heavy atom. The standard InChI is InChI=1S/C21H21F3N4O3S/c1-4-27-12-17-16(10-19(27)21(22,23)24)25-20(26(17)3)15-8-13-6-7-28(29)11-14(13)9-18(15)32(30,31)5-2/h6-12,20H,4-5H2,1-3H3. The third-order valence-corrected chi connectivity index (χ3v) is 7.42. The van der Waals surface area contributed by atoms with E-state index in [-0.39, 0.29) is 22.9 Å². The molecule has 170 valence electrons. The van der Waals surface area contributed by atoms with Crippen LogP contribution in [0.1, 0.15) is 25.6 Å². The lowest BCUT2D eigenvalue weighted by Crippen LogP contribution is -2.34. The molecule has 0 fully saturated rings. The van der Waals surface area contributed by atoms with E-state index < -0.39 is 27.9 Å². The van der Waals surface area contributed by atoms with Crippen molar-refractivity contribution in [3.63, 3.8) is 0 Å². The number of aliphatic imine (C=N–C) groups is 1. The van der Waals surface area contributed by atoms with Crippen LogP contribution in [0.15, 0.2) is 64.2 Å². The van der Waals surface area contributed by atoms with Crippen molar-refractivity contribution in [2.45, 2.75) is 31.1 Å². The minimum Gasteiger partial charge on any atom is -0.619 e. The number of hydrogen-bond donors (Lipinski definition) is 0. The monoisotopic (exact) mass is 466 g/mol. The van der Waals surface area contributed by atoms with Gasteiger partial charge in [0.25, 0.3) is 0 Å². The summed E-state index contributed by atoms with van der Waals surface area (Å²) in [5.41, 5.74) is 0.130. The molecule has 0 saturated carbocycles. The molecule has 4 rings (SSSR count). The molecule has 3 heterocycles. The lowest BCUT2D eigenvalue weighted by Gasteiger charge is -2.30. The molecule has 1 unspecified atom stereocenters. The molecule has 0 spiro atoms. The lowest BCUT2D eigenvalue weighted by atomic mass is 10.1. The molecule has 7 nitrogen and oxygen atoms in total. The van der Waals surface area contributed by atoms with Gasteiger partial charge in [-0.05, 0) is 30.5 Å². The van der Waals surface area contributed by atoms with Crippen molar-refractivity contribution in [3.8, 4) is 0 Å². The molecule has 0 bridgehead atoms. The molecule has 0 N–H and O–H groups in total. The van der Waals surface area contributed by atoms with E-state index in [1.165, 1.54) is 31.6 Å². The lowest BCUT2D eigenvalue weighted by molar-refractivity contribution is -0.603. The molecule has 2 aromatic rings. The van der Waals surface area contributed by atoms with Gasteiger partial charge >= 0.3 is 6.18 Å². The molecule has 2 aliphatic rings. The zero-order valence-corrected chi connectivity index (χ0v) is 18.4. The predicted octanol–water partition coefficient (Wildman–Crippen LogP) is 3.27. The Morgan fingerprint density at radius 2 is 1.94 bits per heavy atom. The highest BCUT2D eigenvalue weighted by atomic mass is 32.2. The summed E-state index contributed by atoms with van der Waals surface area (Å²) in [6.07, 6.45) is -0.437. The van der Waals surface area contributed by atoms with Crippen LogP contribution in [0.2, 0.25) is 0 Å². The average Bonchev–Trinajstić information content (AvgIpc) is 3.06. The highest BCUT2D eigenvalue weighted by molar-refractivity contribution is 7.91. The van der Waals surface area contributed by atoms with Crippen LogP contribution in [0.25, 0.3) is 10.8 Å². The number of nitrogens with zero attached hydrogens (tertiary/aromatic N) is 4. The maximum atomic E-state index is 13.5. The zero-order chi connectivity index (χ0) is 23.4. The van der Waals surface area contributed by atoms with Crippen LogP contribution in [0.3, 0.4) is 0 Å². The number of halogens is 3. The van der Waals surface area contributed by atoms with Crippen molar-refractivity contribution in [1.29, 1.82) is 0 Å². The van der Waals surface area contributed by atoms with Gasteiger partial charge in [0.2, 0.25) is 0 Å². The number of sulfone groups is 1. The van der Waals surface area contributed by atoms with Crippen LogP contribution >= 0.6 is 0 Å². The minimum absolute atomic E-state index is 0.00604. The van der Waals surface area contributed by atoms with Crippen molar-refractivity contribution in [2.75, 3.05) is 19.3 Å². The van der Waals surface area contributed by atoms with Gasteiger partial charge in [0, 0.05) is 36.8 Å². The zero-order valence-electron chi connectivity index (χ0n) is 17.6. The van der Waals surface area contributed by atoms with E-state index >= 15 is 0 Å². The number of allylic oxidation sites excluding steroid dienone is 2. The third-order valence-electron chi connectivity index (χ3n) is 5.64. The fourth-order valence-electron chi connectivity index (χ4n) is 3.93. The van der Waals surface area contributed by atoms with Crippen LogP contribution in [-0.4, -0.2) is 49.5 Å². The minimum atomic E-state index is -4.55. The fourth-order valence-corrected chi connectivity index (χ4v) is 5.07. The number of benzene rings is 1. The molecule has 1 atom stereocenters. The highest BCUT2D eigenvalue weighted by Gasteiger charge is 2.42. The van der Waals surface area contributed by atoms with Gasteiger partial charge in [-0.15, -0.1) is 0 Å². The van der Waals surface area contributed by atoms with Gasteiger partial charge in [0.1, 0.15) is 11.9 Å². The Labute approximate surface area is 183 Å². The molecule has 0 aliphatic carbocycles. The molecule has 1 aromatic heterocycles. The molecule has 11 heteroatoms. The van der Waals surface area contributed by atoms with Crippen molar-refractivity contribution >= 4 is 26.3 Å². The van der Waals surface area contributed by atoms with Gasteiger partial charge in [0.05, 0.1) is 22.1 Å². The first-order chi connectivity index (χ1) is 15.0. The number of aromatic nitrogens is 1. The summed E-state index contributed by atoms with van der Waals surface area (Å²) >= 11 is 0. The van der Waals surface area contributed by atoms with Gasteiger partial charge in [-0.25, -0.2) is 8.42 Å². The summed E-state index contributed by atoms with van der Waals surface area (Å²) in [5.74, 6) is -0.173. The number of rotatable bonds is 4. The number of hydrogen-bond acceptors (Lipinski definition) is 6. The van der Waals surface area contributed by atoms with E-state index in [9.17, 15) is 26.8 Å². The smallest absolute Gasteiger partial charge is 0.431 e. The maximum Gasteiger partial charge on any atom is 0.431 e. The second-order valence-electron chi connectivity index (χ2n) is 7.55. The summed E-state index contributed by atoms with van der Waals surface area (Å²) in [4.78, 5) is 7.23. The first-order valence-corrected chi connectivity index (χ1v) is 11.6. The largest absolute Gasteiger partial charge is 0.619 e. The second kappa shape index (κ2) is 7.51. The number of alkyl halides is 3. The summed E-state index contributed by atoms with van der Waals surface area (Å²) in [6.45, 7) is 3.23. The van der Waals surface area contributed by atoms with Crippen LogP contribution in [-0.2, 0) is 9.84 Å². The first-order valence-electron chi connectivity index (χ1n) is 9.94. The molecule has 1 aromatic carbocycles. The van der Waals surface area contributed by atoms with Gasteiger partial charge in [-0.1, -0.05) is 6.92 Å². The maximum absolute atomic E-state index is 13.5. The van der Waals surface area contributed by atoms with Crippen LogP contribution in [0, 0.1) is 5.21 Å². The molecule has 32 heavy (non-hydrogen) atoms. The van der Waals surface area contributed by atoms with E-state index in [2.05, 4.69) is 4.99 Å². The van der Waals surface area contributed by atoms with E-state index in [0.29, 0.717) is 26.8 Å². The van der Waals surface area contributed by atoms with Crippen LogP contribution < -0.4 is 4.73 Å². The summed E-state index contributed by atoms with van der Waals surface area (Å²) in [7, 11) is -2.05. The number of pyridine rings is 1. The molecule has 0 saturated heterocycles. The van der Waals surface area contributed by atoms with E-state index in [0.717, 1.165) is 11.0 Å². The van der Waals surface area contributed by atoms with Crippen molar-refractivity contribution in [2.24, 2.45) is 4.99 Å². The van der Waals surface area contributed by atoms with Crippen LogP contribution in [0.4, 0.5) is 13.2 Å². The Morgan fingerprint density at radius 3 is 2.56 bits per heavy atom. The SMILES string of the molecule is CCN1C=C2C(=NC(c3cc4cc[n+]([O-])cc4cc3S(=O)(=O)CC)N2C)C=C1C(F)(F)F. The van der Waals surface area contributed by atoms with Gasteiger partial charge < -0.3 is 15.0 Å². The summed E-state index contributed by atoms with van der Waals surface area (Å²) < 4.78 is 66.9. The Kier molecular flexibility index (Phi) is 5.19. The van der Waals surface area contributed by atoms with E-state index in [1.807, 2.05) is 0 Å². The molecule has 2 aliphatic heterocycles. The van der Waals surface area contributed by atoms with Crippen molar-refractivity contribution in [3.05, 3.63) is 65.0 Å². The van der Waals surface area contributed by atoms with E-state index in [1.54, 1.807) is 31.0 Å². The van der Waals surface area contributed by atoms with Crippen LogP contribution in [0.5, 0.6) is 0 Å². The summed E-state index contributed by atoms with van der Waals surface area (Å²) in [6, 6.07) is 4.62. The quantitative estimate of drug-likeness (QED) is 0.511. The Hall–Kier alpha value is -3.08. The van der Waals surface area contributed by atoms with Gasteiger partial charge in [-0.3, -0.25) is 4.99 Å². The van der Waals surface area contributed by atoms with Gasteiger partial charge in [0.15, 0.2) is 22.2 Å². The van der Waals surface area contributed by atoms with E-state index in [4.69, 9.17) is 0 Å². The predicted molar refractivity (Wildman–Crippen MR) is 113 cm³/mol. The first kappa shape index (κ1) is 22.1. The highest BCUT2D eigenvalue weighted by Crippen LogP contribution is 2.41. The number of fused-ring (bicyclic) bond motifs is 2. The molecule has 0 radical (unpaired) electrons. The average molecular weight is 466 g/mol. The third kappa shape index (κ3) is 3.60. The molecular formula is C21H21F3N4O3S. The summed E-state index contributed by atoms with van der Waals surface area (Å²) in [5, 5.41) is 12.7. The topological polar surface area (TPSA) is 79.9 Å². The Balaban J connectivity index is 1.92. The molecular weight excluding hydrogens is 445 g/mol. The Bertz CT molecular complexity index is 1300. The van der Waals surface area contributed by atoms with Crippen molar-refractivity contribution < 1.29 is 26.3 Å². The van der Waals surface area contributed by atoms with Gasteiger partial charge in [-0.2, -0.15) is 17.9 Å². The molecule has 0 amide bonds. The second-order valence-corrected chi connectivity index (χ2v) is 9.80. The normalized spacial score (nSPS) is 19.1. The fraction of sp³-hybridized carbons (Fsp3) is 0.333. The van der Waals surface area contributed by atoms with Crippen molar-refractivity contribution in [1.82, 2.24) is 9.80 Å².